The van der Waals surface area contributed by atoms with Gasteiger partial charge in [0, 0.05) is 35.4 Å². The molecule has 184 valence electrons. The Labute approximate surface area is 212 Å². The SMILES string of the molecule is CC1(C)Cc2c(sc(NC(=O)CCCC(=O)Nc3sc4c(c3C#N)CC(C)(C)OC4)c2C#N)CO1. The summed E-state index contributed by atoms with van der Waals surface area (Å²) in [6.07, 6.45) is 1.90. The highest BCUT2D eigenvalue weighted by atomic mass is 32.1. The molecule has 4 rings (SSSR count). The Hall–Kier alpha value is -2.76. The fraction of sp³-hybridized carbons (Fsp3) is 0.520. The highest BCUT2D eigenvalue weighted by Crippen LogP contribution is 2.41. The molecule has 0 aromatic carbocycles. The quantitative estimate of drug-likeness (QED) is 0.561. The molecule has 0 unspecified atom stereocenters. The van der Waals surface area contributed by atoms with Gasteiger partial charge in [-0.3, -0.25) is 9.59 Å². The lowest BCUT2D eigenvalue weighted by Crippen LogP contribution is -2.31. The number of anilines is 2. The monoisotopic (exact) mass is 512 g/mol. The second-order valence-electron chi connectivity index (χ2n) is 10.0. The molecule has 35 heavy (non-hydrogen) atoms. The fourth-order valence-corrected chi connectivity index (χ4v) is 6.50. The number of carbonyl (C=O) groups excluding carboxylic acids is 2. The zero-order valence-electron chi connectivity index (χ0n) is 20.3. The first-order chi connectivity index (χ1) is 16.5. The van der Waals surface area contributed by atoms with Crippen LogP contribution in [0.3, 0.4) is 0 Å². The predicted octanol–water partition coefficient (Wildman–Crippen LogP) is 5.00. The van der Waals surface area contributed by atoms with Crippen molar-refractivity contribution >= 4 is 44.5 Å². The summed E-state index contributed by atoms with van der Waals surface area (Å²) in [5.41, 5.74) is 2.22. The van der Waals surface area contributed by atoms with Crippen LogP contribution in [0.1, 0.15) is 79.0 Å². The van der Waals surface area contributed by atoms with Gasteiger partial charge in [0.15, 0.2) is 0 Å². The molecule has 0 saturated carbocycles. The van der Waals surface area contributed by atoms with Crippen molar-refractivity contribution in [3.63, 3.8) is 0 Å². The van der Waals surface area contributed by atoms with E-state index in [9.17, 15) is 20.1 Å². The zero-order chi connectivity index (χ0) is 25.4. The summed E-state index contributed by atoms with van der Waals surface area (Å²) in [4.78, 5) is 27.0. The number of hydrogen-bond acceptors (Lipinski definition) is 8. The lowest BCUT2D eigenvalue weighted by Gasteiger charge is -2.29. The van der Waals surface area contributed by atoms with Crippen molar-refractivity contribution in [2.45, 2.75) is 84.2 Å². The Bertz CT molecular complexity index is 1160. The van der Waals surface area contributed by atoms with E-state index in [-0.39, 0.29) is 35.9 Å². The van der Waals surface area contributed by atoms with Crippen molar-refractivity contribution in [2.24, 2.45) is 0 Å². The average molecular weight is 513 g/mol. The van der Waals surface area contributed by atoms with Crippen LogP contribution in [0.4, 0.5) is 10.0 Å². The summed E-state index contributed by atoms with van der Waals surface area (Å²) in [5, 5.41) is 26.1. The number of amides is 2. The predicted molar refractivity (Wildman–Crippen MR) is 134 cm³/mol. The maximum atomic E-state index is 12.5. The molecule has 2 aliphatic rings. The van der Waals surface area contributed by atoms with Crippen molar-refractivity contribution in [3.8, 4) is 12.1 Å². The van der Waals surface area contributed by atoms with Gasteiger partial charge >= 0.3 is 0 Å². The van der Waals surface area contributed by atoms with Crippen LogP contribution in [0, 0.1) is 22.7 Å². The molecule has 2 aromatic heterocycles. The molecule has 2 aliphatic heterocycles. The van der Waals surface area contributed by atoms with Crippen molar-refractivity contribution < 1.29 is 19.1 Å². The van der Waals surface area contributed by atoms with Crippen LogP contribution in [0.2, 0.25) is 0 Å². The second-order valence-corrected chi connectivity index (χ2v) is 12.2. The average Bonchev–Trinajstić information content (AvgIpc) is 3.27. The molecule has 0 bridgehead atoms. The number of rotatable bonds is 6. The van der Waals surface area contributed by atoms with E-state index < -0.39 is 0 Å². The molecule has 0 fully saturated rings. The molecule has 0 aliphatic carbocycles. The highest BCUT2D eigenvalue weighted by Gasteiger charge is 2.33. The van der Waals surface area contributed by atoms with Gasteiger partial charge in [0.2, 0.25) is 11.8 Å². The van der Waals surface area contributed by atoms with E-state index in [4.69, 9.17) is 9.47 Å². The van der Waals surface area contributed by atoms with E-state index in [1.54, 1.807) is 0 Å². The van der Waals surface area contributed by atoms with Gasteiger partial charge in [-0.2, -0.15) is 10.5 Å². The number of thiophene rings is 2. The van der Waals surface area contributed by atoms with Gasteiger partial charge in [-0.15, -0.1) is 22.7 Å². The van der Waals surface area contributed by atoms with Crippen LogP contribution in [-0.4, -0.2) is 23.0 Å². The molecule has 10 heteroatoms. The number of carbonyl (C=O) groups is 2. The Morgan fingerprint density at radius 2 is 1.23 bits per heavy atom. The van der Waals surface area contributed by atoms with Gasteiger partial charge in [0.05, 0.1) is 35.5 Å². The highest BCUT2D eigenvalue weighted by molar-refractivity contribution is 7.17. The van der Waals surface area contributed by atoms with E-state index in [0.29, 0.717) is 53.6 Å². The van der Waals surface area contributed by atoms with Gasteiger partial charge in [-0.05, 0) is 45.2 Å². The standard InChI is InChI=1S/C25H28N4O4S2/c1-24(2)8-14-16(10-26)22(34-18(14)12-32-24)28-20(30)6-5-7-21(31)29-23-17(11-27)15-9-25(3,4)33-13-19(15)35-23/h5-9,12-13H2,1-4H3,(H,28,30)(H,29,31). The Kier molecular flexibility index (Phi) is 7.03. The summed E-state index contributed by atoms with van der Waals surface area (Å²) in [6.45, 7) is 8.79. The normalized spacial score (nSPS) is 17.4. The zero-order valence-corrected chi connectivity index (χ0v) is 21.9. The number of nitrogens with one attached hydrogen (secondary N) is 2. The van der Waals surface area contributed by atoms with E-state index in [1.165, 1.54) is 22.7 Å². The van der Waals surface area contributed by atoms with E-state index >= 15 is 0 Å². The van der Waals surface area contributed by atoms with Crippen LogP contribution >= 0.6 is 22.7 Å². The number of nitriles is 2. The molecule has 2 aromatic rings. The molecular weight excluding hydrogens is 484 g/mol. The van der Waals surface area contributed by atoms with Crippen LogP contribution in [0.5, 0.6) is 0 Å². The third-order valence-electron chi connectivity index (χ3n) is 6.11. The molecular formula is C25H28N4O4S2. The topological polar surface area (TPSA) is 124 Å². The first-order valence-electron chi connectivity index (χ1n) is 11.5. The summed E-state index contributed by atoms with van der Waals surface area (Å²) >= 11 is 2.75. The van der Waals surface area contributed by atoms with Gasteiger partial charge in [0.25, 0.3) is 0 Å². The van der Waals surface area contributed by atoms with E-state index in [0.717, 1.165) is 20.9 Å². The van der Waals surface area contributed by atoms with E-state index in [2.05, 4.69) is 22.8 Å². The van der Waals surface area contributed by atoms with Crippen LogP contribution < -0.4 is 10.6 Å². The van der Waals surface area contributed by atoms with Gasteiger partial charge < -0.3 is 20.1 Å². The first kappa shape index (κ1) is 25.3. The summed E-state index contributed by atoms with van der Waals surface area (Å²) in [6, 6.07) is 4.45. The van der Waals surface area contributed by atoms with Crippen LogP contribution in [0.25, 0.3) is 0 Å². The van der Waals surface area contributed by atoms with Crippen molar-refractivity contribution in [3.05, 3.63) is 32.0 Å². The van der Waals surface area contributed by atoms with Crippen LogP contribution in [0.15, 0.2) is 0 Å². The second kappa shape index (κ2) is 9.71. The molecule has 0 spiro atoms. The number of hydrogen-bond donors (Lipinski definition) is 2. The van der Waals surface area contributed by atoms with Gasteiger partial charge in [0.1, 0.15) is 22.1 Å². The maximum absolute atomic E-state index is 12.5. The third-order valence-corrected chi connectivity index (χ3v) is 8.35. The Morgan fingerprint density at radius 1 is 0.829 bits per heavy atom. The minimum atomic E-state index is -0.342. The third kappa shape index (κ3) is 5.57. The van der Waals surface area contributed by atoms with E-state index in [1.807, 2.05) is 27.7 Å². The molecule has 8 nitrogen and oxygen atoms in total. The molecule has 2 N–H and O–H groups in total. The summed E-state index contributed by atoms with van der Waals surface area (Å²) in [7, 11) is 0. The fourth-order valence-electron chi connectivity index (χ4n) is 4.31. The van der Waals surface area contributed by atoms with Crippen molar-refractivity contribution in [1.29, 1.82) is 10.5 Å². The Balaban J connectivity index is 1.32. The molecule has 0 radical (unpaired) electrons. The maximum Gasteiger partial charge on any atom is 0.225 e. The minimum Gasteiger partial charge on any atom is -0.370 e. The summed E-state index contributed by atoms with van der Waals surface area (Å²) < 4.78 is 11.6. The lowest BCUT2D eigenvalue weighted by molar-refractivity contribution is -0.117. The summed E-state index contributed by atoms with van der Waals surface area (Å²) in [5.74, 6) is -0.478. The van der Waals surface area contributed by atoms with Crippen LogP contribution in [-0.2, 0) is 45.1 Å². The number of ether oxygens (including phenoxy) is 2. The minimum absolute atomic E-state index is 0.150. The molecule has 2 amide bonds. The smallest absolute Gasteiger partial charge is 0.225 e. The van der Waals surface area contributed by atoms with Gasteiger partial charge in [-0.25, -0.2) is 0 Å². The van der Waals surface area contributed by atoms with Crippen molar-refractivity contribution in [1.82, 2.24) is 0 Å². The molecule has 0 atom stereocenters. The van der Waals surface area contributed by atoms with Crippen molar-refractivity contribution in [2.75, 3.05) is 10.6 Å². The lowest BCUT2D eigenvalue weighted by atomic mass is 9.93. The Morgan fingerprint density at radius 3 is 1.60 bits per heavy atom. The largest absolute Gasteiger partial charge is 0.370 e. The number of fused-ring (bicyclic) bond motifs is 2. The molecule has 0 saturated heterocycles. The molecule has 4 heterocycles. The number of nitrogens with zero attached hydrogens (tertiary/aromatic N) is 2. The first-order valence-corrected chi connectivity index (χ1v) is 13.1. The van der Waals surface area contributed by atoms with Gasteiger partial charge in [-0.1, -0.05) is 0 Å².